The molecule has 3 heterocycles. The monoisotopic (exact) mass is 534 g/mol. The fraction of sp³-hybridized carbons (Fsp3) is 0.379. The van der Waals surface area contributed by atoms with Crippen LogP contribution in [-0.4, -0.2) is 56.6 Å². The normalized spacial score (nSPS) is 20.0. The predicted molar refractivity (Wildman–Crippen MR) is 141 cm³/mol. The summed E-state index contributed by atoms with van der Waals surface area (Å²) in [6.07, 6.45) is 3.48. The van der Waals surface area contributed by atoms with Gasteiger partial charge in [-0.25, -0.2) is 8.42 Å². The number of carbonyl (C=O) groups is 1. The molecule has 9 heteroatoms. The van der Waals surface area contributed by atoms with Crippen molar-refractivity contribution in [2.45, 2.75) is 48.5 Å². The topological polar surface area (TPSA) is 95.0 Å². The summed E-state index contributed by atoms with van der Waals surface area (Å²) in [6, 6.07) is 18.0. The molecule has 1 atom stereocenters. The van der Waals surface area contributed by atoms with Gasteiger partial charge in [0.1, 0.15) is 5.78 Å². The summed E-state index contributed by atoms with van der Waals surface area (Å²) in [4.78, 5) is 18.4. The molecule has 0 unspecified atom stereocenters. The quantitative estimate of drug-likeness (QED) is 0.408. The van der Waals surface area contributed by atoms with Gasteiger partial charge in [-0.05, 0) is 67.6 Å². The lowest BCUT2D eigenvalue weighted by molar-refractivity contribution is -0.120. The Kier molecular flexibility index (Phi) is 6.45. The van der Waals surface area contributed by atoms with Crippen LogP contribution in [0.3, 0.4) is 0 Å². The van der Waals surface area contributed by atoms with Crippen molar-refractivity contribution in [3.63, 3.8) is 0 Å². The molecule has 0 N–H and O–H groups in total. The van der Waals surface area contributed by atoms with Gasteiger partial charge in [-0.15, -0.1) is 0 Å². The van der Waals surface area contributed by atoms with E-state index in [1.807, 2.05) is 36.4 Å². The molecule has 1 aliphatic carbocycles. The molecule has 0 amide bonds. The summed E-state index contributed by atoms with van der Waals surface area (Å²) in [5, 5.41) is 0. The highest BCUT2D eigenvalue weighted by atomic mass is 32.2. The van der Waals surface area contributed by atoms with Crippen LogP contribution in [0.1, 0.15) is 36.9 Å². The van der Waals surface area contributed by atoms with E-state index >= 15 is 0 Å². The molecule has 2 aliphatic heterocycles. The van der Waals surface area contributed by atoms with Crippen molar-refractivity contribution < 1.29 is 27.4 Å². The average Bonchev–Trinajstić information content (AvgIpc) is 3.37. The second kappa shape index (κ2) is 9.80. The van der Waals surface area contributed by atoms with Gasteiger partial charge in [-0.2, -0.15) is 4.31 Å². The van der Waals surface area contributed by atoms with Crippen molar-refractivity contribution in [3.8, 4) is 22.8 Å². The van der Waals surface area contributed by atoms with Gasteiger partial charge in [0.15, 0.2) is 11.5 Å². The molecule has 0 spiro atoms. The van der Waals surface area contributed by atoms with Crippen LogP contribution >= 0.6 is 0 Å². The maximum absolute atomic E-state index is 13.4. The van der Waals surface area contributed by atoms with Gasteiger partial charge in [0, 0.05) is 37.4 Å². The van der Waals surface area contributed by atoms with Crippen molar-refractivity contribution >= 4 is 15.8 Å². The van der Waals surface area contributed by atoms with E-state index in [0.717, 1.165) is 36.8 Å². The maximum Gasteiger partial charge on any atom is 0.243 e. The molecular weight excluding hydrogens is 504 g/mol. The molecule has 1 saturated heterocycles. The molecule has 2 fully saturated rings. The van der Waals surface area contributed by atoms with Gasteiger partial charge >= 0.3 is 0 Å². The zero-order valence-electron chi connectivity index (χ0n) is 21.3. The van der Waals surface area contributed by atoms with E-state index in [-0.39, 0.29) is 29.9 Å². The number of carbonyl (C=O) groups excluding carboxylic acids is 1. The van der Waals surface area contributed by atoms with Gasteiger partial charge in [0.2, 0.25) is 16.8 Å². The third-order valence-corrected chi connectivity index (χ3v) is 9.76. The van der Waals surface area contributed by atoms with Crippen molar-refractivity contribution in [1.82, 2.24) is 9.29 Å². The molecule has 0 bridgehead atoms. The smallest absolute Gasteiger partial charge is 0.243 e. The minimum atomic E-state index is -3.60. The van der Waals surface area contributed by atoms with E-state index in [2.05, 4.69) is 0 Å². The Hall–Kier alpha value is -3.27. The molecule has 8 nitrogen and oxygen atoms in total. The molecule has 1 saturated carbocycles. The molecular formula is C29H30N2O6S. The minimum absolute atomic E-state index is 0.131. The number of pyridine rings is 1. The number of Topliss-reactive ketones (excluding diaryl/α,β-unsaturated/α-hetero) is 1. The van der Waals surface area contributed by atoms with Gasteiger partial charge in [0.25, 0.3) is 0 Å². The second-order valence-electron chi connectivity index (χ2n) is 10.2. The molecule has 3 aromatic rings. The highest BCUT2D eigenvalue weighted by Gasteiger charge is 2.51. The summed E-state index contributed by atoms with van der Waals surface area (Å²) in [5.41, 5.74) is 2.65. The molecule has 3 aliphatic rings. The van der Waals surface area contributed by atoms with E-state index < -0.39 is 15.4 Å². The average molecular weight is 535 g/mol. The third-order valence-electron chi connectivity index (χ3n) is 7.80. The van der Waals surface area contributed by atoms with Gasteiger partial charge in [-0.3, -0.25) is 9.78 Å². The highest BCUT2D eigenvalue weighted by Crippen LogP contribution is 2.51. The first kappa shape index (κ1) is 25.0. The number of benzene rings is 2. The largest absolute Gasteiger partial charge is 0.454 e. The molecule has 6 rings (SSSR count). The van der Waals surface area contributed by atoms with Crippen LogP contribution < -0.4 is 9.47 Å². The zero-order valence-corrected chi connectivity index (χ0v) is 22.1. The number of methoxy groups -OCH3 is 1. The summed E-state index contributed by atoms with van der Waals surface area (Å²) >= 11 is 0. The van der Waals surface area contributed by atoms with Crippen LogP contribution in [-0.2, 0) is 31.4 Å². The van der Waals surface area contributed by atoms with Crippen LogP contribution in [0.25, 0.3) is 11.3 Å². The number of hydrogen-bond acceptors (Lipinski definition) is 7. The van der Waals surface area contributed by atoms with Gasteiger partial charge in [-0.1, -0.05) is 24.3 Å². The van der Waals surface area contributed by atoms with E-state index in [1.54, 1.807) is 35.7 Å². The van der Waals surface area contributed by atoms with Gasteiger partial charge < -0.3 is 14.2 Å². The molecule has 1 aromatic heterocycles. The maximum atomic E-state index is 13.4. The van der Waals surface area contributed by atoms with E-state index in [0.29, 0.717) is 36.0 Å². The van der Waals surface area contributed by atoms with Crippen molar-refractivity contribution in [1.29, 1.82) is 0 Å². The molecule has 2 aromatic carbocycles. The predicted octanol–water partition coefficient (Wildman–Crippen LogP) is 4.12. The van der Waals surface area contributed by atoms with E-state index in [4.69, 9.17) is 19.2 Å². The van der Waals surface area contributed by atoms with Crippen LogP contribution in [0.4, 0.5) is 0 Å². The second-order valence-corrected chi connectivity index (χ2v) is 12.0. The van der Waals surface area contributed by atoms with Crippen molar-refractivity contribution in [2.24, 2.45) is 0 Å². The van der Waals surface area contributed by atoms with Gasteiger partial charge in [0.05, 0.1) is 22.6 Å². The Balaban J connectivity index is 1.18. The summed E-state index contributed by atoms with van der Waals surface area (Å²) in [6.45, 7) is 1.10. The fourth-order valence-electron chi connectivity index (χ4n) is 5.54. The molecule has 38 heavy (non-hydrogen) atoms. The lowest BCUT2D eigenvalue weighted by Crippen LogP contribution is -2.38. The molecule has 0 radical (unpaired) electrons. The lowest BCUT2D eigenvalue weighted by Gasteiger charge is -2.23. The summed E-state index contributed by atoms with van der Waals surface area (Å²) in [5.74, 6) is 1.53. The zero-order chi connectivity index (χ0) is 26.3. The number of rotatable bonds is 9. The third kappa shape index (κ3) is 4.48. The van der Waals surface area contributed by atoms with Crippen LogP contribution in [0.2, 0.25) is 0 Å². The van der Waals surface area contributed by atoms with E-state index in [9.17, 15) is 13.2 Å². The Morgan fingerprint density at radius 3 is 2.63 bits per heavy atom. The Morgan fingerprint density at radius 2 is 1.87 bits per heavy atom. The first-order chi connectivity index (χ1) is 18.4. The van der Waals surface area contributed by atoms with Crippen LogP contribution in [0.15, 0.2) is 65.6 Å². The summed E-state index contributed by atoms with van der Waals surface area (Å²) < 4.78 is 44.1. The number of ether oxygens (including phenoxy) is 3. The number of ketones is 1. The SMILES string of the molecule is COC[C@H]1CCCN1S(=O)(=O)c1ccc(-c2cccc(CC(=O)C3(c4ccc5c(c4)OCO5)CC3)n2)cc1. The van der Waals surface area contributed by atoms with Crippen LogP contribution in [0.5, 0.6) is 11.5 Å². The number of aromatic nitrogens is 1. The highest BCUT2D eigenvalue weighted by molar-refractivity contribution is 7.89. The standard InChI is InChI=1S/C29H30N2O6S/c1-35-18-23-5-3-15-31(23)38(33,34)24-10-7-20(8-11-24)25-6-2-4-22(30-25)17-28(32)29(13-14-29)21-9-12-26-27(16-21)37-19-36-26/h2,4,6-12,16,23H,3,5,13-15,17-19H2,1H3/t23-/m1/s1. The van der Waals surface area contributed by atoms with Crippen molar-refractivity contribution in [3.05, 3.63) is 71.9 Å². The van der Waals surface area contributed by atoms with Crippen molar-refractivity contribution in [2.75, 3.05) is 27.1 Å². The number of sulfonamides is 1. The minimum Gasteiger partial charge on any atom is -0.454 e. The summed E-state index contributed by atoms with van der Waals surface area (Å²) in [7, 11) is -2.01. The van der Waals surface area contributed by atoms with Crippen LogP contribution in [0, 0.1) is 0 Å². The Labute approximate surface area is 222 Å². The lowest BCUT2D eigenvalue weighted by atomic mass is 9.88. The number of nitrogens with zero attached hydrogens (tertiary/aromatic N) is 2. The number of fused-ring (bicyclic) bond motifs is 1. The Morgan fingerprint density at radius 1 is 1.08 bits per heavy atom. The van der Waals surface area contributed by atoms with E-state index in [1.165, 1.54) is 0 Å². The fourth-order valence-corrected chi connectivity index (χ4v) is 7.22. The Bertz CT molecular complexity index is 1470. The first-order valence-electron chi connectivity index (χ1n) is 12.9. The molecule has 198 valence electrons. The first-order valence-corrected chi connectivity index (χ1v) is 14.4. The number of hydrogen-bond donors (Lipinski definition) is 0.